The van der Waals surface area contributed by atoms with Crippen LogP contribution in [0.3, 0.4) is 0 Å². The van der Waals surface area contributed by atoms with Gasteiger partial charge in [0.2, 0.25) is 0 Å². The number of aromatic nitrogens is 2. The molecule has 1 atom stereocenters. The lowest BCUT2D eigenvalue weighted by molar-refractivity contribution is 0.523. The van der Waals surface area contributed by atoms with Crippen molar-refractivity contribution in [1.82, 2.24) is 9.78 Å². The highest BCUT2D eigenvalue weighted by Crippen LogP contribution is 2.23. The number of hydrogen-bond acceptors (Lipinski definition) is 3. The van der Waals surface area contributed by atoms with Crippen LogP contribution < -0.4 is 5.73 Å². The lowest BCUT2D eigenvalue weighted by atomic mass is 10.2. The first-order valence-corrected chi connectivity index (χ1v) is 7.20. The van der Waals surface area contributed by atoms with Crippen molar-refractivity contribution in [2.24, 2.45) is 5.73 Å². The van der Waals surface area contributed by atoms with Gasteiger partial charge in [-0.3, -0.25) is 4.68 Å². The number of rotatable bonds is 5. The van der Waals surface area contributed by atoms with E-state index in [2.05, 4.69) is 45.8 Å². The maximum absolute atomic E-state index is 6.13. The van der Waals surface area contributed by atoms with Gasteiger partial charge in [0.05, 0.1) is 5.69 Å². The van der Waals surface area contributed by atoms with E-state index >= 15 is 0 Å². The van der Waals surface area contributed by atoms with Crippen molar-refractivity contribution >= 4 is 11.8 Å². The zero-order chi connectivity index (χ0) is 13.1. The molecule has 1 aromatic rings. The molecule has 0 aliphatic carbocycles. The van der Waals surface area contributed by atoms with Gasteiger partial charge in [0, 0.05) is 35.2 Å². The van der Waals surface area contributed by atoms with E-state index in [1.807, 2.05) is 22.6 Å². The molecule has 0 radical (unpaired) electrons. The van der Waals surface area contributed by atoms with Crippen molar-refractivity contribution in [3.8, 4) is 0 Å². The maximum Gasteiger partial charge on any atom is 0.0640 e. The molecule has 1 rings (SSSR count). The fourth-order valence-electron chi connectivity index (χ4n) is 1.46. The molecule has 0 aromatic carbocycles. The third-order valence-electron chi connectivity index (χ3n) is 2.39. The van der Waals surface area contributed by atoms with Crippen LogP contribution in [0.25, 0.3) is 0 Å². The highest BCUT2D eigenvalue weighted by atomic mass is 32.2. The minimum absolute atomic E-state index is 0.190. The van der Waals surface area contributed by atoms with E-state index in [0.29, 0.717) is 6.04 Å². The predicted molar refractivity (Wildman–Crippen MR) is 76.5 cm³/mol. The molecule has 17 heavy (non-hydrogen) atoms. The summed E-state index contributed by atoms with van der Waals surface area (Å²) in [4.78, 5) is 0. The molecule has 0 bridgehead atoms. The summed E-state index contributed by atoms with van der Waals surface area (Å²) < 4.78 is 2.27. The Morgan fingerprint density at radius 2 is 2.06 bits per heavy atom. The first kappa shape index (κ1) is 14.6. The standard InChI is InChI=1S/C13H25N3S/c1-10(2)16-7-6-12(15-16)8-11(14)9-17-13(3,4)5/h6-7,10-11H,8-9,14H2,1-5H3. The van der Waals surface area contributed by atoms with Gasteiger partial charge in [0.15, 0.2) is 0 Å². The average Bonchev–Trinajstić information content (AvgIpc) is 2.62. The Hall–Kier alpha value is -0.480. The summed E-state index contributed by atoms with van der Waals surface area (Å²) in [7, 11) is 0. The van der Waals surface area contributed by atoms with E-state index in [0.717, 1.165) is 17.9 Å². The van der Waals surface area contributed by atoms with Gasteiger partial charge < -0.3 is 5.73 Å². The Bertz CT molecular complexity index is 339. The van der Waals surface area contributed by atoms with Gasteiger partial charge in [0.1, 0.15) is 0 Å². The minimum atomic E-state index is 0.190. The Morgan fingerprint density at radius 1 is 1.41 bits per heavy atom. The second-order valence-corrected chi connectivity index (χ2v) is 7.62. The third-order valence-corrected chi connectivity index (χ3v) is 3.86. The van der Waals surface area contributed by atoms with Crippen LogP contribution in [0.2, 0.25) is 0 Å². The van der Waals surface area contributed by atoms with Crippen molar-refractivity contribution in [1.29, 1.82) is 0 Å². The molecule has 0 spiro atoms. The van der Waals surface area contributed by atoms with Crippen LogP contribution in [0, 0.1) is 0 Å². The molecule has 1 unspecified atom stereocenters. The number of nitrogens with two attached hydrogens (primary N) is 1. The SMILES string of the molecule is CC(C)n1ccc(CC(N)CSC(C)(C)C)n1. The summed E-state index contributed by atoms with van der Waals surface area (Å²) in [6.45, 7) is 10.9. The first-order valence-electron chi connectivity index (χ1n) is 6.21. The lowest BCUT2D eigenvalue weighted by Crippen LogP contribution is -2.28. The first-order chi connectivity index (χ1) is 7.78. The summed E-state index contributed by atoms with van der Waals surface area (Å²) in [6, 6.07) is 2.68. The molecule has 3 nitrogen and oxygen atoms in total. The Balaban J connectivity index is 2.42. The second-order valence-electron chi connectivity index (χ2n) is 5.77. The van der Waals surface area contributed by atoms with Crippen LogP contribution in [0.15, 0.2) is 12.3 Å². The molecular weight excluding hydrogens is 230 g/mol. The molecule has 4 heteroatoms. The third kappa shape index (κ3) is 5.59. The van der Waals surface area contributed by atoms with Crippen LogP contribution in [0.1, 0.15) is 46.4 Å². The fourth-order valence-corrected chi connectivity index (χ4v) is 2.29. The van der Waals surface area contributed by atoms with Crippen LogP contribution >= 0.6 is 11.8 Å². The van der Waals surface area contributed by atoms with Crippen LogP contribution in [0.5, 0.6) is 0 Å². The quantitative estimate of drug-likeness (QED) is 0.880. The van der Waals surface area contributed by atoms with E-state index in [-0.39, 0.29) is 10.8 Å². The summed E-state index contributed by atoms with van der Waals surface area (Å²) >= 11 is 1.91. The number of hydrogen-bond donors (Lipinski definition) is 1. The van der Waals surface area contributed by atoms with Gasteiger partial charge in [-0.1, -0.05) is 20.8 Å². The Kier molecular flexibility index (Phi) is 5.07. The minimum Gasteiger partial charge on any atom is -0.327 e. The molecule has 0 aliphatic heterocycles. The highest BCUT2D eigenvalue weighted by molar-refractivity contribution is 8.00. The predicted octanol–water partition coefficient (Wildman–Crippen LogP) is 2.87. The van der Waals surface area contributed by atoms with Crippen LogP contribution in [0.4, 0.5) is 0 Å². The number of nitrogens with zero attached hydrogens (tertiary/aromatic N) is 2. The maximum atomic E-state index is 6.13. The topological polar surface area (TPSA) is 43.8 Å². The van der Waals surface area contributed by atoms with E-state index in [1.165, 1.54) is 0 Å². The van der Waals surface area contributed by atoms with Gasteiger partial charge in [0.25, 0.3) is 0 Å². The van der Waals surface area contributed by atoms with Gasteiger partial charge in [-0.25, -0.2) is 0 Å². The normalized spacial score (nSPS) is 14.3. The Labute approximate surface area is 109 Å². The molecule has 1 heterocycles. The molecule has 2 N–H and O–H groups in total. The van der Waals surface area contributed by atoms with E-state index in [4.69, 9.17) is 5.73 Å². The lowest BCUT2D eigenvalue weighted by Gasteiger charge is -2.20. The molecular formula is C13H25N3S. The van der Waals surface area contributed by atoms with Gasteiger partial charge in [-0.15, -0.1) is 0 Å². The zero-order valence-electron chi connectivity index (χ0n) is 11.6. The van der Waals surface area contributed by atoms with Crippen molar-refractivity contribution in [2.75, 3.05) is 5.75 Å². The summed E-state index contributed by atoms with van der Waals surface area (Å²) in [5.41, 5.74) is 7.23. The molecule has 0 amide bonds. The van der Waals surface area contributed by atoms with Gasteiger partial charge >= 0.3 is 0 Å². The molecule has 0 fully saturated rings. The largest absolute Gasteiger partial charge is 0.327 e. The van der Waals surface area contributed by atoms with Gasteiger partial charge in [-0.2, -0.15) is 16.9 Å². The highest BCUT2D eigenvalue weighted by Gasteiger charge is 2.14. The van der Waals surface area contributed by atoms with Crippen molar-refractivity contribution < 1.29 is 0 Å². The van der Waals surface area contributed by atoms with Crippen LogP contribution in [-0.2, 0) is 6.42 Å². The van der Waals surface area contributed by atoms with E-state index in [1.54, 1.807) is 0 Å². The van der Waals surface area contributed by atoms with Crippen LogP contribution in [-0.4, -0.2) is 26.3 Å². The Morgan fingerprint density at radius 3 is 2.53 bits per heavy atom. The summed E-state index contributed by atoms with van der Waals surface area (Å²) in [6.07, 6.45) is 2.90. The molecule has 98 valence electrons. The average molecular weight is 255 g/mol. The monoisotopic (exact) mass is 255 g/mol. The van der Waals surface area contributed by atoms with Crippen molar-refractivity contribution in [3.05, 3.63) is 18.0 Å². The second kappa shape index (κ2) is 5.91. The van der Waals surface area contributed by atoms with E-state index in [9.17, 15) is 0 Å². The van der Waals surface area contributed by atoms with Gasteiger partial charge in [-0.05, 0) is 19.9 Å². The summed E-state index contributed by atoms with van der Waals surface area (Å²) in [5.74, 6) is 0.984. The molecule has 0 saturated carbocycles. The zero-order valence-corrected chi connectivity index (χ0v) is 12.4. The fraction of sp³-hybridized carbons (Fsp3) is 0.769. The van der Waals surface area contributed by atoms with Crippen molar-refractivity contribution in [2.45, 2.75) is 57.9 Å². The van der Waals surface area contributed by atoms with E-state index < -0.39 is 0 Å². The molecule has 0 saturated heterocycles. The molecule has 1 aromatic heterocycles. The summed E-state index contributed by atoms with van der Waals surface area (Å²) in [5, 5.41) is 4.52. The smallest absolute Gasteiger partial charge is 0.0640 e. The molecule has 0 aliphatic rings. The number of thioether (sulfide) groups is 1. The van der Waals surface area contributed by atoms with Crippen molar-refractivity contribution in [3.63, 3.8) is 0 Å².